The molecule has 0 aromatic heterocycles. The molecule has 1 amide bonds. The molecule has 0 heterocycles. The molecule has 0 aromatic rings. The van der Waals surface area contributed by atoms with Gasteiger partial charge >= 0.3 is 12.1 Å². The number of methoxy groups -OCH3 is 1. The number of rotatable bonds is 3. The van der Waals surface area contributed by atoms with Crippen LogP contribution in [-0.2, 0) is 9.53 Å². The summed E-state index contributed by atoms with van der Waals surface area (Å²) >= 11 is 0. The average Bonchev–Trinajstić information content (AvgIpc) is 1.85. The zero-order valence-electron chi connectivity index (χ0n) is 6.46. The number of carbonyl (C=O) groups is 2. The van der Waals surface area contributed by atoms with Crippen LogP contribution < -0.4 is 5.32 Å². The molecule has 0 rings (SSSR count). The molecule has 0 fully saturated rings. The summed E-state index contributed by atoms with van der Waals surface area (Å²) in [5.74, 6) is -0.425. The van der Waals surface area contributed by atoms with Crippen LogP contribution in [0.25, 0.3) is 0 Å². The molecule has 2 N–H and O–H groups in total. The van der Waals surface area contributed by atoms with Gasteiger partial charge in [0.15, 0.2) is 0 Å². The quantitative estimate of drug-likeness (QED) is 0.580. The maximum Gasteiger partial charge on any atom is 0.404 e. The predicted molar refractivity (Wildman–Crippen MR) is 37.3 cm³/mol. The third kappa shape index (κ3) is 5.20. The Bertz CT molecular complexity index is 157. The van der Waals surface area contributed by atoms with E-state index >= 15 is 0 Å². The minimum atomic E-state index is -1.14. The van der Waals surface area contributed by atoms with Crippen molar-refractivity contribution in [2.75, 3.05) is 7.11 Å². The van der Waals surface area contributed by atoms with Crippen LogP contribution in [0.1, 0.15) is 13.3 Å². The first-order valence-electron chi connectivity index (χ1n) is 3.12. The first kappa shape index (κ1) is 9.74. The van der Waals surface area contributed by atoms with Crippen molar-refractivity contribution in [3.63, 3.8) is 0 Å². The number of hydrogen-bond donors (Lipinski definition) is 2. The van der Waals surface area contributed by atoms with Crippen LogP contribution in [-0.4, -0.2) is 30.3 Å². The van der Waals surface area contributed by atoms with Crippen LogP contribution >= 0.6 is 0 Å². The fraction of sp³-hybridized carbons (Fsp3) is 0.667. The SMILES string of the molecule is COC(=O)CC(C)NC(=O)O. The molecule has 1 unspecified atom stereocenters. The highest BCUT2D eigenvalue weighted by Crippen LogP contribution is 1.91. The molecular formula is C6H11NO4. The van der Waals surface area contributed by atoms with Gasteiger partial charge in [-0.2, -0.15) is 0 Å². The number of carboxylic acid groups (broad SMARTS) is 1. The minimum Gasteiger partial charge on any atom is -0.469 e. The van der Waals surface area contributed by atoms with Crippen LogP contribution in [0.5, 0.6) is 0 Å². The Morgan fingerprint density at radius 2 is 2.18 bits per heavy atom. The number of amides is 1. The summed E-state index contributed by atoms with van der Waals surface area (Å²) in [6, 6.07) is -0.403. The van der Waals surface area contributed by atoms with E-state index in [0.717, 1.165) is 0 Å². The Kier molecular flexibility index (Phi) is 4.02. The lowest BCUT2D eigenvalue weighted by atomic mass is 10.2. The topological polar surface area (TPSA) is 75.6 Å². The van der Waals surface area contributed by atoms with Crippen molar-refractivity contribution in [3.8, 4) is 0 Å². The zero-order chi connectivity index (χ0) is 8.85. The van der Waals surface area contributed by atoms with Gasteiger partial charge in [-0.1, -0.05) is 0 Å². The lowest BCUT2D eigenvalue weighted by molar-refractivity contribution is -0.141. The van der Waals surface area contributed by atoms with Crippen LogP contribution in [0.4, 0.5) is 4.79 Å². The van der Waals surface area contributed by atoms with E-state index in [0.29, 0.717) is 0 Å². The van der Waals surface area contributed by atoms with Gasteiger partial charge < -0.3 is 15.2 Å². The summed E-state index contributed by atoms with van der Waals surface area (Å²) in [6.45, 7) is 1.59. The van der Waals surface area contributed by atoms with Crippen molar-refractivity contribution in [2.45, 2.75) is 19.4 Å². The van der Waals surface area contributed by atoms with Crippen molar-refractivity contribution in [3.05, 3.63) is 0 Å². The van der Waals surface area contributed by atoms with E-state index in [1.165, 1.54) is 7.11 Å². The average molecular weight is 161 g/mol. The zero-order valence-corrected chi connectivity index (χ0v) is 6.46. The lowest BCUT2D eigenvalue weighted by Crippen LogP contribution is -2.33. The maximum atomic E-state index is 10.5. The summed E-state index contributed by atoms with van der Waals surface area (Å²) in [6.07, 6.45) is -1.08. The molecule has 0 radical (unpaired) electrons. The fourth-order valence-corrected chi connectivity index (χ4v) is 0.595. The summed E-state index contributed by atoms with van der Waals surface area (Å²) < 4.78 is 4.33. The number of nitrogens with one attached hydrogen (secondary N) is 1. The van der Waals surface area contributed by atoms with Gasteiger partial charge in [0.2, 0.25) is 0 Å². The summed E-state index contributed by atoms with van der Waals surface area (Å²) in [5, 5.41) is 10.3. The third-order valence-corrected chi connectivity index (χ3v) is 1.07. The Labute approximate surface area is 64.3 Å². The van der Waals surface area contributed by atoms with Gasteiger partial charge in [0.1, 0.15) is 0 Å². The van der Waals surface area contributed by atoms with Crippen LogP contribution in [0.15, 0.2) is 0 Å². The van der Waals surface area contributed by atoms with Gasteiger partial charge in [-0.25, -0.2) is 4.79 Å². The molecule has 0 spiro atoms. The Morgan fingerprint density at radius 1 is 1.64 bits per heavy atom. The van der Waals surface area contributed by atoms with Crippen LogP contribution in [0.2, 0.25) is 0 Å². The number of ether oxygens (including phenoxy) is 1. The van der Waals surface area contributed by atoms with E-state index in [1.807, 2.05) is 0 Å². The molecule has 0 saturated carbocycles. The Balaban J connectivity index is 3.60. The van der Waals surface area contributed by atoms with Crippen molar-refractivity contribution in [1.82, 2.24) is 5.32 Å². The summed E-state index contributed by atoms with van der Waals surface area (Å²) in [5.41, 5.74) is 0. The lowest BCUT2D eigenvalue weighted by Gasteiger charge is -2.08. The summed E-state index contributed by atoms with van der Waals surface area (Å²) in [7, 11) is 1.26. The minimum absolute atomic E-state index is 0.0583. The standard InChI is InChI=1S/C6H11NO4/c1-4(7-6(9)10)3-5(8)11-2/h4,7H,3H2,1-2H3,(H,9,10). The van der Waals surface area contributed by atoms with Crippen molar-refractivity contribution >= 4 is 12.1 Å². The summed E-state index contributed by atoms with van der Waals surface area (Å²) in [4.78, 5) is 20.6. The predicted octanol–water partition coefficient (Wildman–Crippen LogP) is 0.206. The highest BCUT2D eigenvalue weighted by atomic mass is 16.5. The second kappa shape index (κ2) is 4.54. The van der Waals surface area contributed by atoms with Crippen molar-refractivity contribution in [2.24, 2.45) is 0 Å². The van der Waals surface area contributed by atoms with E-state index in [1.54, 1.807) is 6.92 Å². The second-order valence-corrected chi connectivity index (χ2v) is 2.13. The van der Waals surface area contributed by atoms with Crippen molar-refractivity contribution < 1.29 is 19.4 Å². The highest BCUT2D eigenvalue weighted by molar-refractivity contribution is 5.71. The van der Waals surface area contributed by atoms with Gasteiger partial charge in [0.25, 0.3) is 0 Å². The molecular weight excluding hydrogens is 150 g/mol. The number of esters is 1. The first-order chi connectivity index (χ1) is 5.06. The van der Waals surface area contributed by atoms with E-state index in [2.05, 4.69) is 10.1 Å². The smallest absolute Gasteiger partial charge is 0.404 e. The number of carbonyl (C=O) groups excluding carboxylic acids is 1. The largest absolute Gasteiger partial charge is 0.469 e. The highest BCUT2D eigenvalue weighted by Gasteiger charge is 2.10. The van der Waals surface area contributed by atoms with Gasteiger partial charge in [0.05, 0.1) is 13.5 Å². The molecule has 0 saturated heterocycles. The molecule has 0 bridgehead atoms. The van der Waals surface area contributed by atoms with Crippen molar-refractivity contribution in [1.29, 1.82) is 0 Å². The van der Waals surface area contributed by atoms with Crippen LogP contribution in [0.3, 0.4) is 0 Å². The normalized spacial score (nSPS) is 11.8. The second-order valence-electron chi connectivity index (χ2n) is 2.13. The fourth-order valence-electron chi connectivity index (χ4n) is 0.595. The van der Waals surface area contributed by atoms with E-state index < -0.39 is 18.1 Å². The monoisotopic (exact) mass is 161 g/mol. The van der Waals surface area contributed by atoms with E-state index in [-0.39, 0.29) is 6.42 Å². The molecule has 1 atom stereocenters. The molecule has 5 heteroatoms. The van der Waals surface area contributed by atoms with Gasteiger partial charge in [-0.05, 0) is 6.92 Å². The molecule has 0 aliphatic heterocycles. The molecule has 0 aliphatic carbocycles. The maximum absolute atomic E-state index is 10.5. The van der Waals surface area contributed by atoms with Gasteiger partial charge in [-0.15, -0.1) is 0 Å². The molecule has 0 aromatic carbocycles. The molecule has 0 aliphatic rings. The van der Waals surface area contributed by atoms with E-state index in [4.69, 9.17) is 5.11 Å². The molecule has 5 nitrogen and oxygen atoms in total. The first-order valence-corrected chi connectivity index (χ1v) is 3.12. The van der Waals surface area contributed by atoms with E-state index in [9.17, 15) is 9.59 Å². The Morgan fingerprint density at radius 3 is 2.55 bits per heavy atom. The van der Waals surface area contributed by atoms with Crippen LogP contribution in [0, 0.1) is 0 Å². The number of hydrogen-bond acceptors (Lipinski definition) is 3. The van der Waals surface area contributed by atoms with Gasteiger partial charge in [-0.3, -0.25) is 4.79 Å². The molecule has 11 heavy (non-hydrogen) atoms. The Hall–Kier alpha value is -1.26. The molecule has 64 valence electrons. The third-order valence-electron chi connectivity index (χ3n) is 1.07. The van der Waals surface area contributed by atoms with Gasteiger partial charge in [0, 0.05) is 6.04 Å².